The van der Waals surface area contributed by atoms with Gasteiger partial charge in [-0.2, -0.15) is 8.78 Å². The van der Waals surface area contributed by atoms with Gasteiger partial charge in [0, 0.05) is 32.4 Å². The van der Waals surface area contributed by atoms with Crippen LogP contribution >= 0.6 is 0 Å². The van der Waals surface area contributed by atoms with Crippen molar-refractivity contribution in [2.24, 2.45) is 7.05 Å². The van der Waals surface area contributed by atoms with E-state index in [2.05, 4.69) is 15.3 Å². The first-order valence-electron chi connectivity index (χ1n) is 8.59. The molecule has 142 valence electrons. The average molecular weight is 373 g/mol. The summed E-state index contributed by atoms with van der Waals surface area (Å²) in [4.78, 5) is 21.8. The number of pyridine rings is 1. The van der Waals surface area contributed by atoms with Gasteiger partial charge in [0.15, 0.2) is 0 Å². The number of fused-ring (bicyclic) bond motifs is 1. The van der Waals surface area contributed by atoms with Gasteiger partial charge in [0.05, 0.1) is 18.0 Å². The van der Waals surface area contributed by atoms with E-state index in [4.69, 9.17) is 0 Å². The molecular weight excluding hydrogens is 352 g/mol. The molecular formula is C19H21F2N5O. The van der Waals surface area contributed by atoms with E-state index >= 15 is 0 Å². The van der Waals surface area contributed by atoms with Gasteiger partial charge in [-0.1, -0.05) is 19.1 Å². The van der Waals surface area contributed by atoms with Gasteiger partial charge in [0.2, 0.25) is 0 Å². The van der Waals surface area contributed by atoms with E-state index in [0.29, 0.717) is 0 Å². The summed E-state index contributed by atoms with van der Waals surface area (Å²) in [7, 11) is 3.86. The molecule has 0 atom stereocenters. The van der Waals surface area contributed by atoms with Crippen LogP contribution in [0.3, 0.4) is 0 Å². The van der Waals surface area contributed by atoms with E-state index in [1.165, 1.54) is 0 Å². The van der Waals surface area contributed by atoms with E-state index in [0.717, 1.165) is 40.1 Å². The lowest BCUT2D eigenvalue weighted by atomic mass is 10.1. The molecule has 0 saturated heterocycles. The number of hydrogen-bond acceptors (Lipinski definition) is 4. The van der Waals surface area contributed by atoms with Crippen molar-refractivity contribution in [3.63, 3.8) is 0 Å². The van der Waals surface area contributed by atoms with Crippen LogP contribution in [0.15, 0.2) is 36.8 Å². The van der Waals surface area contributed by atoms with Gasteiger partial charge in [-0.05, 0) is 23.6 Å². The molecule has 27 heavy (non-hydrogen) atoms. The Hall–Kier alpha value is -3.03. The van der Waals surface area contributed by atoms with Gasteiger partial charge >= 0.3 is 6.43 Å². The Morgan fingerprint density at radius 2 is 2.07 bits per heavy atom. The summed E-state index contributed by atoms with van der Waals surface area (Å²) in [6.45, 7) is 2.09. The zero-order valence-electron chi connectivity index (χ0n) is 15.4. The smallest absolute Gasteiger partial charge is 0.315 e. The number of halogens is 2. The molecule has 6 nitrogen and oxygen atoms in total. The molecule has 2 heterocycles. The van der Waals surface area contributed by atoms with Crippen molar-refractivity contribution >= 4 is 28.4 Å². The largest absolute Gasteiger partial charge is 0.347 e. The van der Waals surface area contributed by atoms with Crippen LogP contribution < -0.4 is 10.2 Å². The zero-order valence-corrected chi connectivity index (χ0v) is 15.4. The molecule has 1 N–H and O–H groups in total. The van der Waals surface area contributed by atoms with Crippen LogP contribution in [0.1, 0.15) is 18.1 Å². The fourth-order valence-electron chi connectivity index (χ4n) is 2.95. The van der Waals surface area contributed by atoms with Crippen LogP contribution in [0.25, 0.3) is 11.0 Å². The number of imidazole rings is 1. The number of aromatic nitrogens is 3. The van der Waals surface area contributed by atoms with Crippen molar-refractivity contribution in [1.29, 1.82) is 0 Å². The van der Waals surface area contributed by atoms with E-state index < -0.39 is 12.3 Å². The summed E-state index contributed by atoms with van der Waals surface area (Å²) in [6.07, 6.45) is 1.23. The minimum Gasteiger partial charge on any atom is -0.347 e. The van der Waals surface area contributed by atoms with Crippen LogP contribution in [0, 0.1) is 0 Å². The lowest BCUT2D eigenvalue weighted by Crippen LogP contribution is -2.29. The molecule has 0 bridgehead atoms. The van der Waals surface area contributed by atoms with Crippen molar-refractivity contribution in [3.8, 4) is 0 Å². The highest BCUT2D eigenvalue weighted by atomic mass is 19.3. The fourth-order valence-corrected chi connectivity index (χ4v) is 2.95. The molecule has 0 aliphatic rings. The highest BCUT2D eigenvalue weighted by molar-refractivity contribution is 5.80. The number of rotatable bonds is 6. The second kappa shape index (κ2) is 7.69. The number of aryl methyl sites for hydroxylation is 2. The SMILES string of the molecule is CCc1cc(CNC(=O)C(F)F)ccc1N(C)c1cc2c(cn1)ncn2C. The molecule has 0 aliphatic heterocycles. The predicted molar refractivity (Wildman–Crippen MR) is 100 cm³/mol. The summed E-state index contributed by atoms with van der Waals surface area (Å²) < 4.78 is 26.6. The number of alkyl halides is 2. The van der Waals surface area contributed by atoms with Crippen LogP contribution in [0.5, 0.6) is 0 Å². The molecule has 0 radical (unpaired) electrons. The predicted octanol–water partition coefficient (Wildman–Crippen LogP) is 3.18. The van der Waals surface area contributed by atoms with Crippen LogP contribution in [0.2, 0.25) is 0 Å². The fraction of sp³-hybridized carbons (Fsp3) is 0.316. The number of benzene rings is 1. The Morgan fingerprint density at radius 3 is 2.78 bits per heavy atom. The topological polar surface area (TPSA) is 63.1 Å². The summed E-state index contributed by atoms with van der Waals surface area (Å²) in [6, 6.07) is 7.62. The Kier molecular flexibility index (Phi) is 5.34. The zero-order chi connectivity index (χ0) is 19.6. The molecule has 1 amide bonds. The van der Waals surface area contributed by atoms with Crippen LogP contribution in [-0.2, 0) is 24.8 Å². The first-order chi connectivity index (χ1) is 12.9. The monoisotopic (exact) mass is 373 g/mol. The average Bonchev–Trinajstić information content (AvgIpc) is 3.05. The molecule has 2 aromatic heterocycles. The third kappa shape index (κ3) is 3.89. The maximum absolute atomic E-state index is 12.3. The molecule has 3 aromatic rings. The minimum absolute atomic E-state index is 0.0688. The molecule has 8 heteroatoms. The van der Waals surface area contributed by atoms with Gasteiger partial charge < -0.3 is 14.8 Å². The van der Waals surface area contributed by atoms with Gasteiger partial charge in [-0.3, -0.25) is 4.79 Å². The van der Waals surface area contributed by atoms with Crippen LogP contribution in [0.4, 0.5) is 20.3 Å². The molecule has 0 aliphatic carbocycles. The maximum atomic E-state index is 12.3. The summed E-state index contributed by atoms with van der Waals surface area (Å²) in [5.74, 6) is -0.484. The molecule has 0 unspecified atom stereocenters. The molecule has 0 spiro atoms. The maximum Gasteiger partial charge on any atom is 0.315 e. The summed E-state index contributed by atoms with van der Waals surface area (Å²) in [5.41, 5.74) is 4.59. The van der Waals surface area contributed by atoms with E-state index in [1.54, 1.807) is 12.5 Å². The Labute approximate surface area is 155 Å². The number of carbonyl (C=O) groups excluding carboxylic acids is 1. The van der Waals surface area contributed by atoms with Gasteiger partial charge in [0.25, 0.3) is 5.91 Å². The van der Waals surface area contributed by atoms with Crippen molar-refractivity contribution in [3.05, 3.63) is 47.9 Å². The molecule has 0 saturated carbocycles. The summed E-state index contributed by atoms with van der Waals surface area (Å²) >= 11 is 0. The highest BCUT2D eigenvalue weighted by Gasteiger charge is 2.15. The van der Waals surface area contributed by atoms with E-state index in [1.807, 2.05) is 54.8 Å². The second-order valence-corrected chi connectivity index (χ2v) is 6.28. The lowest BCUT2D eigenvalue weighted by molar-refractivity contribution is -0.131. The molecule has 0 fully saturated rings. The number of hydrogen-bond donors (Lipinski definition) is 1. The second-order valence-electron chi connectivity index (χ2n) is 6.28. The van der Waals surface area contributed by atoms with Crippen molar-refractivity contribution in [1.82, 2.24) is 19.9 Å². The molecule has 3 rings (SSSR count). The number of nitrogens with one attached hydrogen (secondary N) is 1. The van der Waals surface area contributed by atoms with E-state index in [9.17, 15) is 13.6 Å². The Morgan fingerprint density at radius 1 is 1.30 bits per heavy atom. The third-order valence-corrected chi connectivity index (χ3v) is 4.49. The van der Waals surface area contributed by atoms with Crippen molar-refractivity contribution in [2.45, 2.75) is 26.3 Å². The number of amides is 1. The normalized spacial score (nSPS) is 11.2. The van der Waals surface area contributed by atoms with Crippen molar-refractivity contribution < 1.29 is 13.6 Å². The summed E-state index contributed by atoms with van der Waals surface area (Å²) in [5, 5.41) is 2.23. The first-order valence-corrected chi connectivity index (χ1v) is 8.59. The third-order valence-electron chi connectivity index (χ3n) is 4.49. The lowest BCUT2D eigenvalue weighted by Gasteiger charge is -2.22. The Bertz CT molecular complexity index is 970. The quantitative estimate of drug-likeness (QED) is 0.721. The number of carbonyl (C=O) groups is 1. The molecule has 1 aromatic carbocycles. The van der Waals surface area contributed by atoms with Crippen molar-refractivity contribution in [2.75, 3.05) is 11.9 Å². The number of nitrogens with zero attached hydrogens (tertiary/aromatic N) is 4. The van der Waals surface area contributed by atoms with Crippen LogP contribution in [-0.4, -0.2) is 33.9 Å². The standard InChI is InChI=1S/C19H21F2N5O/c1-4-13-7-12(9-23-19(27)18(20)21)5-6-15(13)26(3)17-8-16-14(10-22-17)24-11-25(16)2/h5-8,10-11,18H,4,9H2,1-3H3,(H,23,27). The number of anilines is 2. The Balaban J connectivity index is 1.86. The van der Waals surface area contributed by atoms with Gasteiger partial charge in [-0.25, -0.2) is 9.97 Å². The van der Waals surface area contributed by atoms with Gasteiger partial charge in [-0.15, -0.1) is 0 Å². The first kappa shape index (κ1) is 18.8. The van der Waals surface area contributed by atoms with E-state index in [-0.39, 0.29) is 6.54 Å². The minimum atomic E-state index is -3.01. The highest BCUT2D eigenvalue weighted by Crippen LogP contribution is 2.28. The van der Waals surface area contributed by atoms with Gasteiger partial charge in [0.1, 0.15) is 11.3 Å².